The SMILES string of the molecule is Cc1cccc(CC(C(=O)O)c2cc(C)nc(C)n2)c1. The van der Waals surface area contributed by atoms with Crippen LogP contribution in [0.2, 0.25) is 0 Å². The van der Waals surface area contributed by atoms with Crippen molar-refractivity contribution in [1.29, 1.82) is 0 Å². The second-order valence-electron chi connectivity index (χ2n) is 5.07. The van der Waals surface area contributed by atoms with Gasteiger partial charge in [-0.2, -0.15) is 0 Å². The van der Waals surface area contributed by atoms with E-state index in [9.17, 15) is 9.90 Å². The van der Waals surface area contributed by atoms with Gasteiger partial charge in [-0.05, 0) is 38.8 Å². The molecule has 0 radical (unpaired) electrons. The van der Waals surface area contributed by atoms with Crippen molar-refractivity contribution in [3.8, 4) is 0 Å². The molecule has 1 unspecified atom stereocenters. The number of carbonyl (C=O) groups is 1. The highest BCUT2D eigenvalue weighted by molar-refractivity contribution is 5.75. The average molecular weight is 270 g/mol. The molecule has 0 spiro atoms. The third-order valence-corrected chi connectivity index (χ3v) is 3.16. The summed E-state index contributed by atoms with van der Waals surface area (Å²) in [6.07, 6.45) is 0.437. The van der Waals surface area contributed by atoms with Crippen LogP contribution >= 0.6 is 0 Å². The Morgan fingerprint density at radius 3 is 2.55 bits per heavy atom. The Hall–Kier alpha value is -2.23. The first-order valence-corrected chi connectivity index (χ1v) is 6.56. The van der Waals surface area contributed by atoms with Gasteiger partial charge >= 0.3 is 5.97 Å². The number of aryl methyl sites for hydroxylation is 3. The molecule has 2 aromatic rings. The van der Waals surface area contributed by atoms with Gasteiger partial charge in [0.05, 0.1) is 5.69 Å². The number of hydrogen-bond donors (Lipinski definition) is 1. The highest BCUT2D eigenvalue weighted by Gasteiger charge is 2.22. The van der Waals surface area contributed by atoms with Gasteiger partial charge in [0.15, 0.2) is 0 Å². The minimum Gasteiger partial charge on any atom is -0.481 e. The van der Waals surface area contributed by atoms with Crippen molar-refractivity contribution in [2.75, 3.05) is 0 Å². The van der Waals surface area contributed by atoms with Crippen LogP contribution in [0.25, 0.3) is 0 Å². The minimum atomic E-state index is -0.857. The summed E-state index contributed by atoms with van der Waals surface area (Å²) >= 11 is 0. The largest absolute Gasteiger partial charge is 0.481 e. The summed E-state index contributed by atoms with van der Waals surface area (Å²) in [6.45, 7) is 5.63. The molecule has 0 fully saturated rings. The number of nitrogens with zero attached hydrogens (tertiary/aromatic N) is 2. The molecule has 1 heterocycles. The lowest BCUT2D eigenvalue weighted by Crippen LogP contribution is -2.17. The van der Waals surface area contributed by atoms with Crippen molar-refractivity contribution < 1.29 is 9.90 Å². The fourth-order valence-electron chi connectivity index (χ4n) is 2.32. The topological polar surface area (TPSA) is 63.1 Å². The zero-order valence-corrected chi connectivity index (χ0v) is 11.9. The predicted octanol–water partition coefficient (Wildman–Crippen LogP) is 2.81. The van der Waals surface area contributed by atoms with Gasteiger partial charge in [0.1, 0.15) is 11.7 Å². The summed E-state index contributed by atoms with van der Waals surface area (Å²) in [5.74, 6) is -0.892. The number of aromatic nitrogens is 2. The Kier molecular flexibility index (Phi) is 4.13. The molecule has 0 amide bonds. The van der Waals surface area contributed by atoms with E-state index >= 15 is 0 Å². The third-order valence-electron chi connectivity index (χ3n) is 3.16. The number of benzene rings is 1. The Labute approximate surface area is 118 Å². The lowest BCUT2D eigenvalue weighted by Gasteiger charge is -2.13. The molecule has 2 rings (SSSR count). The monoisotopic (exact) mass is 270 g/mol. The molecule has 4 nitrogen and oxygen atoms in total. The van der Waals surface area contributed by atoms with E-state index in [0.29, 0.717) is 17.9 Å². The van der Waals surface area contributed by atoms with Crippen LogP contribution in [-0.4, -0.2) is 21.0 Å². The molecule has 4 heteroatoms. The van der Waals surface area contributed by atoms with E-state index in [1.807, 2.05) is 38.1 Å². The molecule has 0 saturated heterocycles. The highest BCUT2D eigenvalue weighted by atomic mass is 16.4. The number of carboxylic acid groups (broad SMARTS) is 1. The van der Waals surface area contributed by atoms with E-state index < -0.39 is 11.9 Å². The zero-order valence-electron chi connectivity index (χ0n) is 11.9. The first kappa shape index (κ1) is 14.2. The van der Waals surface area contributed by atoms with Gasteiger partial charge in [0.2, 0.25) is 0 Å². The second-order valence-corrected chi connectivity index (χ2v) is 5.07. The van der Waals surface area contributed by atoms with Gasteiger partial charge in [-0.3, -0.25) is 4.79 Å². The van der Waals surface area contributed by atoms with Crippen LogP contribution in [0.15, 0.2) is 30.3 Å². The summed E-state index contributed by atoms with van der Waals surface area (Å²) < 4.78 is 0. The fraction of sp³-hybridized carbons (Fsp3) is 0.312. The molecular formula is C16H18N2O2. The lowest BCUT2D eigenvalue weighted by atomic mass is 9.95. The van der Waals surface area contributed by atoms with Gasteiger partial charge in [-0.25, -0.2) is 9.97 Å². The maximum atomic E-state index is 11.6. The Bertz CT molecular complexity index is 618. The highest BCUT2D eigenvalue weighted by Crippen LogP contribution is 2.21. The van der Waals surface area contributed by atoms with Crippen LogP contribution in [0.3, 0.4) is 0 Å². The van der Waals surface area contributed by atoms with Crippen molar-refractivity contribution in [2.24, 2.45) is 0 Å². The first-order valence-electron chi connectivity index (χ1n) is 6.56. The number of hydrogen-bond acceptors (Lipinski definition) is 3. The average Bonchev–Trinajstić information content (AvgIpc) is 2.34. The van der Waals surface area contributed by atoms with Gasteiger partial charge in [0, 0.05) is 5.69 Å². The zero-order chi connectivity index (χ0) is 14.7. The van der Waals surface area contributed by atoms with E-state index in [1.54, 1.807) is 13.0 Å². The molecule has 0 aliphatic carbocycles. The molecular weight excluding hydrogens is 252 g/mol. The molecule has 20 heavy (non-hydrogen) atoms. The van der Waals surface area contributed by atoms with Gasteiger partial charge in [-0.1, -0.05) is 29.8 Å². The quantitative estimate of drug-likeness (QED) is 0.928. The number of rotatable bonds is 4. The molecule has 104 valence electrons. The van der Waals surface area contributed by atoms with E-state index in [4.69, 9.17) is 0 Å². The van der Waals surface area contributed by atoms with Crippen molar-refractivity contribution in [1.82, 2.24) is 9.97 Å². The van der Waals surface area contributed by atoms with Crippen LogP contribution in [0, 0.1) is 20.8 Å². The fourth-order valence-corrected chi connectivity index (χ4v) is 2.32. The van der Waals surface area contributed by atoms with Crippen LogP contribution in [0.1, 0.15) is 34.3 Å². The minimum absolute atomic E-state index is 0.437. The van der Waals surface area contributed by atoms with E-state index in [-0.39, 0.29) is 0 Å². The van der Waals surface area contributed by atoms with Crippen molar-refractivity contribution in [3.05, 3.63) is 58.7 Å². The smallest absolute Gasteiger partial charge is 0.312 e. The van der Waals surface area contributed by atoms with Crippen molar-refractivity contribution in [2.45, 2.75) is 33.1 Å². The summed E-state index contributed by atoms with van der Waals surface area (Å²) in [6, 6.07) is 9.65. The Balaban J connectivity index is 2.34. The standard InChI is InChI=1S/C16H18N2O2/c1-10-5-4-6-13(7-10)9-14(16(19)20)15-8-11(2)17-12(3)18-15/h4-8,14H,9H2,1-3H3,(H,19,20). The summed E-state index contributed by atoms with van der Waals surface area (Å²) in [5.41, 5.74) is 3.50. The van der Waals surface area contributed by atoms with Gasteiger partial charge < -0.3 is 5.11 Å². The Morgan fingerprint density at radius 2 is 1.95 bits per heavy atom. The maximum Gasteiger partial charge on any atom is 0.312 e. The third kappa shape index (κ3) is 3.41. The lowest BCUT2D eigenvalue weighted by molar-refractivity contribution is -0.138. The molecule has 0 aliphatic rings. The van der Waals surface area contributed by atoms with Crippen LogP contribution < -0.4 is 0 Å². The number of aliphatic carboxylic acids is 1. The van der Waals surface area contributed by atoms with Crippen LogP contribution in [0.5, 0.6) is 0 Å². The van der Waals surface area contributed by atoms with E-state index in [0.717, 1.165) is 16.8 Å². The van der Waals surface area contributed by atoms with Crippen LogP contribution in [-0.2, 0) is 11.2 Å². The molecule has 1 aromatic heterocycles. The molecule has 1 aromatic carbocycles. The Morgan fingerprint density at radius 1 is 1.20 bits per heavy atom. The van der Waals surface area contributed by atoms with Gasteiger partial charge in [-0.15, -0.1) is 0 Å². The molecule has 1 N–H and O–H groups in total. The van der Waals surface area contributed by atoms with E-state index in [1.165, 1.54) is 0 Å². The normalized spacial score (nSPS) is 12.2. The molecule has 1 atom stereocenters. The number of carboxylic acids is 1. The van der Waals surface area contributed by atoms with Gasteiger partial charge in [0.25, 0.3) is 0 Å². The van der Waals surface area contributed by atoms with E-state index in [2.05, 4.69) is 9.97 Å². The first-order chi connectivity index (χ1) is 9.45. The van der Waals surface area contributed by atoms with Crippen molar-refractivity contribution >= 4 is 5.97 Å². The summed E-state index contributed by atoms with van der Waals surface area (Å²) in [4.78, 5) is 20.0. The summed E-state index contributed by atoms with van der Waals surface area (Å²) in [7, 11) is 0. The second kappa shape index (κ2) is 5.82. The summed E-state index contributed by atoms with van der Waals surface area (Å²) in [5, 5.41) is 9.48. The molecule has 0 saturated carbocycles. The maximum absolute atomic E-state index is 11.6. The van der Waals surface area contributed by atoms with Crippen LogP contribution in [0.4, 0.5) is 0 Å². The molecule has 0 bridgehead atoms. The van der Waals surface area contributed by atoms with Crippen molar-refractivity contribution in [3.63, 3.8) is 0 Å². The predicted molar refractivity (Wildman–Crippen MR) is 76.8 cm³/mol. The molecule has 0 aliphatic heterocycles.